The van der Waals surface area contributed by atoms with Crippen molar-refractivity contribution in [1.29, 1.82) is 0 Å². The molecule has 7 rings (SSSR count). The zero-order chi connectivity index (χ0) is 34.2. The van der Waals surface area contributed by atoms with Crippen LogP contribution in [0.2, 0.25) is 0 Å². The lowest BCUT2D eigenvalue weighted by molar-refractivity contribution is 0.771. The summed E-state index contributed by atoms with van der Waals surface area (Å²) in [6, 6.07) is 28.8. The van der Waals surface area contributed by atoms with Crippen LogP contribution in [0.5, 0.6) is 0 Å². The highest BCUT2D eigenvalue weighted by Gasteiger charge is 2.25. The van der Waals surface area contributed by atoms with Crippen molar-refractivity contribution in [3.8, 4) is 23.5 Å². The molecular formula is C47H46N2. The Kier molecular flexibility index (Phi) is 10.6. The predicted octanol–water partition coefficient (Wildman–Crippen LogP) is 12.0. The Balaban J connectivity index is 0.00000134. The highest BCUT2D eigenvalue weighted by atomic mass is 15.1. The third-order valence-corrected chi connectivity index (χ3v) is 9.54. The van der Waals surface area contributed by atoms with Crippen LogP contribution >= 0.6 is 0 Å². The molecule has 3 aliphatic rings. The maximum absolute atomic E-state index is 6.61. The van der Waals surface area contributed by atoms with Crippen LogP contribution in [0.15, 0.2) is 151 Å². The summed E-state index contributed by atoms with van der Waals surface area (Å²) in [5.41, 5.74) is 20.5. The van der Waals surface area contributed by atoms with E-state index in [-0.39, 0.29) is 0 Å². The van der Waals surface area contributed by atoms with Crippen LogP contribution in [0, 0.1) is 12.3 Å². The van der Waals surface area contributed by atoms with Gasteiger partial charge < -0.3 is 10.6 Å². The summed E-state index contributed by atoms with van der Waals surface area (Å²) in [7, 11) is 0. The van der Waals surface area contributed by atoms with Crippen LogP contribution in [0.4, 0.5) is 5.69 Å². The third-order valence-electron chi connectivity index (χ3n) is 9.54. The van der Waals surface area contributed by atoms with Gasteiger partial charge in [0, 0.05) is 17.9 Å². The van der Waals surface area contributed by atoms with Gasteiger partial charge in [0.15, 0.2) is 0 Å². The smallest absolute Gasteiger partial charge is 0.0601 e. The van der Waals surface area contributed by atoms with Crippen molar-refractivity contribution in [2.24, 2.45) is 5.73 Å². The molecule has 2 N–H and O–H groups in total. The quantitative estimate of drug-likeness (QED) is 0.204. The lowest BCUT2D eigenvalue weighted by Gasteiger charge is -2.30. The number of hydrogen-bond donors (Lipinski definition) is 1. The lowest BCUT2D eigenvalue weighted by Crippen LogP contribution is -2.25. The maximum atomic E-state index is 6.61. The van der Waals surface area contributed by atoms with Gasteiger partial charge >= 0.3 is 0 Å². The van der Waals surface area contributed by atoms with Gasteiger partial charge in [-0.05, 0) is 119 Å². The molecule has 0 heterocycles. The fourth-order valence-electron chi connectivity index (χ4n) is 7.20. The molecule has 4 aromatic carbocycles. The van der Waals surface area contributed by atoms with Crippen molar-refractivity contribution in [1.82, 2.24) is 0 Å². The van der Waals surface area contributed by atoms with Gasteiger partial charge in [0.2, 0.25) is 0 Å². The van der Waals surface area contributed by atoms with E-state index in [9.17, 15) is 0 Å². The molecule has 2 heteroatoms. The van der Waals surface area contributed by atoms with E-state index in [2.05, 4.69) is 171 Å². The molecule has 0 aliphatic heterocycles. The second-order valence-corrected chi connectivity index (χ2v) is 13.0. The second-order valence-electron chi connectivity index (χ2n) is 13.0. The summed E-state index contributed by atoms with van der Waals surface area (Å²) in [6.07, 6.45) is 31.0. The van der Waals surface area contributed by atoms with Gasteiger partial charge in [0.1, 0.15) is 0 Å². The van der Waals surface area contributed by atoms with Crippen molar-refractivity contribution in [2.75, 3.05) is 4.90 Å². The van der Waals surface area contributed by atoms with Crippen molar-refractivity contribution in [3.63, 3.8) is 0 Å². The number of terminal acetylenes is 1. The van der Waals surface area contributed by atoms with Crippen LogP contribution in [-0.4, -0.2) is 0 Å². The number of anilines is 1. The van der Waals surface area contributed by atoms with Crippen LogP contribution in [0.3, 0.4) is 0 Å². The Bertz CT molecular complexity index is 2070. The summed E-state index contributed by atoms with van der Waals surface area (Å²) in [5, 5.41) is 2.62. The van der Waals surface area contributed by atoms with E-state index < -0.39 is 0 Å². The number of nitrogens with zero attached hydrogens (tertiary/aromatic N) is 1. The summed E-state index contributed by atoms with van der Waals surface area (Å²) < 4.78 is 0. The van der Waals surface area contributed by atoms with Gasteiger partial charge in [-0.15, -0.1) is 12.3 Å². The van der Waals surface area contributed by atoms with Crippen molar-refractivity contribution >= 4 is 28.1 Å². The summed E-state index contributed by atoms with van der Waals surface area (Å²) in [4.78, 5) is 2.36. The van der Waals surface area contributed by atoms with Crippen LogP contribution < -0.4 is 10.6 Å². The van der Waals surface area contributed by atoms with Crippen molar-refractivity contribution in [2.45, 2.75) is 58.9 Å². The molecule has 0 amide bonds. The van der Waals surface area contributed by atoms with Crippen LogP contribution in [-0.2, 0) is 6.54 Å². The standard InChI is InChI=1S/C44H42N2.C3H4/c1-31-14-13-21-39-43(31)42(32(2)24-25-33-15-5-3-6-16-33)37-19-9-10-20-38(37)44(39)35-26-28-36(29-27-35)46(30-34-17-7-4-8-18-34)41-23-12-11-22-40(41)45;1-3-2/h3-10,12-13,15,17-21,23-29,31H,11,14,16,22,30,45H2,1-2H3;1H,2H3/b32-24+,33-25-;. The molecule has 0 saturated heterocycles. The SMILES string of the molecule is C#CC.C/C(=C\C=C1\C=CC=CC1)c1c2c(c(-c3ccc(N(Cc4ccccc4)C4=C(N)CCC=C4)cc3)c3ccccc13)C=CCC2C. The molecule has 1 unspecified atom stereocenters. The minimum Gasteiger partial charge on any atom is -0.400 e. The fourth-order valence-corrected chi connectivity index (χ4v) is 7.20. The van der Waals surface area contributed by atoms with Gasteiger partial charge in [0.25, 0.3) is 0 Å². The van der Waals surface area contributed by atoms with Gasteiger partial charge in [-0.25, -0.2) is 0 Å². The first-order valence-corrected chi connectivity index (χ1v) is 17.4. The number of allylic oxidation sites excluding steroid dienone is 12. The third kappa shape index (κ3) is 7.33. The Hall–Kier alpha value is -5.52. The van der Waals surface area contributed by atoms with Gasteiger partial charge in [-0.1, -0.05) is 128 Å². The average molecular weight is 639 g/mol. The topological polar surface area (TPSA) is 29.3 Å². The van der Waals surface area contributed by atoms with E-state index in [0.29, 0.717) is 5.92 Å². The minimum atomic E-state index is 0.431. The second kappa shape index (κ2) is 15.6. The fraction of sp³-hybridized carbons (Fsp3) is 0.191. The molecule has 0 radical (unpaired) electrons. The monoisotopic (exact) mass is 638 g/mol. The Morgan fingerprint density at radius 3 is 2.35 bits per heavy atom. The summed E-state index contributed by atoms with van der Waals surface area (Å²) in [6.45, 7) is 7.08. The minimum absolute atomic E-state index is 0.431. The lowest BCUT2D eigenvalue weighted by atomic mass is 9.76. The molecule has 0 fully saturated rings. The molecular weight excluding hydrogens is 593 g/mol. The molecule has 3 aliphatic carbocycles. The average Bonchev–Trinajstić information content (AvgIpc) is 3.14. The first kappa shape index (κ1) is 33.4. The number of nitrogens with two attached hydrogens (primary N) is 1. The van der Waals surface area contributed by atoms with E-state index in [1.54, 1.807) is 6.92 Å². The zero-order valence-electron chi connectivity index (χ0n) is 29.0. The number of hydrogen-bond acceptors (Lipinski definition) is 2. The molecule has 4 aromatic rings. The molecule has 244 valence electrons. The molecule has 0 saturated carbocycles. The first-order chi connectivity index (χ1) is 24.0. The van der Waals surface area contributed by atoms with E-state index in [1.165, 1.54) is 55.3 Å². The molecule has 0 bridgehead atoms. The Morgan fingerprint density at radius 1 is 0.898 bits per heavy atom. The van der Waals surface area contributed by atoms with Crippen LogP contribution in [0.25, 0.3) is 33.5 Å². The molecule has 1 atom stereocenters. The number of rotatable bonds is 7. The highest BCUT2D eigenvalue weighted by Crippen LogP contribution is 2.46. The molecule has 49 heavy (non-hydrogen) atoms. The van der Waals surface area contributed by atoms with Crippen molar-refractivity contribution in [3.05, 3.63) is 173 Å². The van der Waals surface area contributed by atoms with E-state index in [0.717, 1.165) is 49.3 Å². The number of fused-ring (bicyclic) bond motifs is 2. The molecule has 2 nitrogen and oxygen atoms in total. The van der Waals surface area contributed by atoms with Gasteiger partial charge in [-0.2, -0.15) is 0 Å². The number of benzene rings is 4. The van der Waals surface area contributed by atoms with Gasteiger partial charge in [-0.3, -0.25) is 0 Å². The molecule has 0 spiro atoms. The molecule has 0 aromatic heterocycles. The predicted molar refractivity (Wildman–Crippen MR) is 213 cm³/mol. The van der Waals surface area contributed by atoms with E-state index >= 15 is 0 Å². The maximum Gasteiger partial charge on any atom is 0.0601 e. The van der Waals surface area contributed by atoms with E-state index in [4.69, 9.17) is 5.73 Å². The highest BCUT2D eigenvalue weighted by molar-refractivity contribution is 6.08. The normalized spacial score (nSPS) is 17.5. The summed E-state index contributed by atoms with van der Waals surface area (Å²) >= 11 is 0. The van der Waals surface area contributed by atoms with Crippen molar-refractivity contribution < 1.29 is 0 Å². The Morgan fingerprint density at radius 2 is 1.63 bits per heavy atom. The zero-order valence-corrected chi connectivity index (χ0v) is 29.0. The first-order valence-electron chi connectivity index (χ1n) is 17.4. The van der Waals surface area contributed by atoms with E-state index in [1.807, 2.05) is 0 Å². The largest absolute Gasteiger partial charge is 0.400 e. The van der Waals surface area contributed by atoms with Crippen LogP contribution in [0.1, 0.15) is 74.6 Å². The Labute approximate surface area is 293 Å². The summed E-state index contributed by atoms with van der Waals surface area (Å²) in [5.74, 6) is 2.68. The van der Waals surface area contributed by atoms with Gasteiger partial charge in [0.05, 0.1) is 5.70 Å².